The van der Waals surface area contributed by atoms with Crippen molar-refractivity contribution in [1.29, 1.82) is 0 Å². The standard InChI is InChI=1S/C21H23N7O4/c1-12(13-3-5-15(6-4-13)28-8-2-7-24-28)25-19(31)17(29)18(30)20(32)27-10-14-9-23-21(22)26-16(14)11-27/h2-9,12,17-18,29-30H,10-11H2,1H3,(H,25,31)(H2,22,23,26)/t12-,17-,18-/m1/s1. The maximum Gasteiger partial charge on any atom is 0.255 e. The van der Waals surface area contributed by atoms with Crippen LogP contribution >= 0.6 is 0 Å². The second-order valence-electron chi connectivity index (χ2n) is 7.56. The van der Waals surface area contributed by atoms with Crippen molar-refractivity contribution in [3.05, 3.63) is 65.7 Å². The molecule has 0 unspecified atom stereocenters. The highest BCUT2D eigenvalue weighted by Crippen LogP contribution is 2.22. The van der Waals surface area contributed by atoms with Gasteiger partial charge in [0.2, 0.25) is 5.95 Å². The van der Waals surface area contributed by atoms with Crippen LogP contribution in [0.3, 0.4) is 0 Å². The molecule has 0 aliphatic carbocycles. The summed E-state index contributed by atoms with van der Waals surface area (Å²) in [5, 5.41) is 27.4. The Kier molecular flexibility index (Phi) is 5.84. The zero-order chi connectivity index (χ0) is 22.8. The quantitative estimate of drug-likeness (QED) is 0.408. The van der Waals surface area contributed by atoms with E-state index in [1.807, 2.05) is 36.5 Å². The van der Waals surface area contributed by atoms with Gasteiger partial charge < -0.3 is 26.2 Å². The molecule has 5 N–H and O–H groups in total. The molecule has 1 aromatic carbocycles. The third-order valence-corrected chi connectivity index (χ3v) is 5.33. The van der Waals surface area contributed by atoms with Gasteiger partial charge in [-0.3, -0.25) is 9.59 Å². The number of nitrogens with two attached hydrogens (primary N) is 1. The number of carbonyl (C=O) groups excluding carboxylic acids is 2. The Morgan fingerprint density at radius 1 is 1.16 bits per heavy atom. The lowest BCUT2D eigenvalue weighted by Crippen LogP contribution is -2.50. The Bertz CT molecular complexity index is 1120. The number of nitrogens with one attached hydrogen (secondary N) is 1. The lowest BCUT2D eigenvalue weighted by molar-refractivity contribution is -0.153. The normalized spacial score (nSPS) is 15.7. The summed E-state index contributed by atoms with van der Waals surface area (Å²) in [6.07, 6.45) is 1.17. The Hall–Kier alpha value is -3.83. The van der Waals surface area contributed by atoms with E-state index >= 15 is 0 Å². The first kappa shape index (κ1) is 21.4. The summed E-state index contributed by atoms with van der Waals surface area (Å²) in [6.45, 7) is 2.02. The number of aliphatic hydroxyl groups is 2. The van der Waals surface area contributed by atoms with E-state index in [0.717, 1.165) is 11.3 Å². The van der Waals surface area contributed by atoms with Crippen LogP contribution in [0.25, 0.3) is 5.69 Å². The van der Waals surface area contributed by atoms with Crippen LogP contribution in [-0.2, 0) is 22.7 Å². The fourth-order valence-electron chi connectivity index (χ4n) is 3.51. The first-order valence-electron chi connectivity index (χ1n) is 9.99. The van der Waals surface area contributed by atoms with Crippen LogP contribution < -0.4 is 11.1 Å². The number of nitrogens with zero attached hydrogens (tertiary/aromatic N) is 5. The van der Waals surface area contributed by atoms with Gasteiger partial charge in [0.25, 0.3) is 11.8 Å². The van der Waals surface area contributed by atoms with Crippen molar-refractivity contribution in [3.63, 3.8) is 0 Å². The van der Waals surface area contributed by atoms with Crippen LogP contribution in [-0.4, -0.2) is 58.9 Å². The molecule has 0 radical (unpaired) electrons. The molecule has 0 fully saturated rings. The van der Waals surface area contributed by atoms with Gasteiger partial charge >= 0.3 is 0 Å². The first-order chi connectivity index (χ1) is 15.3. The summed E-state index contributed by atoms with van der Waals surface area (Å²) in [6, 6.07) is 8.70. The molecular formula is C21H23N7O4. The van der Waals surface area contributed by atoms with Crippen LogP contribution in [0.2, 0.25) is 0 Å². The van der Waals surface area contributed by atoms with Gasteiger partial charge in [-0.1, -0.05) is 12.1 Å². The predicted octanol–water partition coefficient (Wildman–Crippen LogP) is -0.314. The fourth-order valence-corrected chi connectivity index (χ4v) is 3.51. The molecule has 4 rings (SSSR count). The van der Waals surface area contributed by atoms with E-state index in [1.54, 1.807) is 17.8 Å². The third kappa shape index (κ3) is 4.29. The molecule has 2 amide bonds. The summed E-state index contributed by atoms with van der Waals surface area (Å²) >= 11 is 0. The largest absolute Gasteiger partial charge is 0.380 e. The van der Waals surface area contributed by atoms with Gasteiger partial charge in [0.05, 0.1) is 24.0 Å². The molecule has 11 nitrogen and oxygen atoms in total. The lowest BCUT2D eigenvalue weighted by atomic mass is 10.1. The van der Waals surface area contributed by atoms with Crippen LogP contribution in [0.15, 0.2) is 48.9 Å². The molecule has 0 bridgehead atoms. The van der Waals surface area contributed by atoms with Gasteiger partial charge in [0, 0.05) is 30.7 Å². The number of fused-ring (bicyclic) bond motifs is 1. The van der Waals surface area contributed by atoms with Crippen molar-refractivity contribution in [2.75, 3.05) is 5.73 Å². The maximum absolute atomic E-state index is 12.6. The summed E-state index contributed by atoms with van der Waals surface area (Å²) in [5.74, 6) is -1.54. The molecule has 3 aromatic rings. The van der Waals surface area contributed by atoms with Crippen molar-refractivity contribution in [3.8, 4) is 5.69 Å². The monoisotopic (exact) mass is 437 g/mol. The van der Waals surface area contributed by atoms with Gasteiger partial charge in [0.15, 0.2) is 12.2 Å². The van der Waals surface area contributed by atoms with Crippen LogP contribution in [0, 0.1) is 0 Å². The van der Waals surface area contributed by atoms with Crippen molar-refractivity contribution in [2.45, 2.75) is 38.3 Å². The van der Waals surface area contributed by atoms with Gasteiger partial charge in [-0.15, -0.1) is 0 Å². The van der Waals surface area contributed by atoms with Gasteiger partial charge in [-0.05, 0) is 30.7 Å². The Labute approximate surface area is 183 Å². The molecule has 0 saturated heterocycles. The number of aliphatic hydroxyl groups excluding tert-OH is 2. The van der Waals surface area contributed by atoms with Gasteiger partial charge in [0.1, 0.15) is 0 Å². The molecule has 32 heavy (non-hydrogen) atoms. The number of nitrogen functional groups attached to an aromatic ring is 1. The molecule has 2 aromatic heterocycles. The van der Waals surface area contributed by atoms with Crippen molar-refractivity contribution in [2.24, 2.45) is 0 Å². The highest BCUT2D eigenvalue weighted by atomic mass is 16.3. The van der Waals surface area contributed by atoms with E-state index in [1.165, 1.54) is 11.1 Å². The van der Waals surface area contributed by atoms with Crippen LogP contribution in [0.4, 0.5) is 5.95 Å². The van der Waals surface area contributed by atoms with Crippen LogP contribution in [0.1, 0.15) is 29.8 Å². The summed E-state index contributed by atoms with van der Waals surface area (Å²) in [7, 11) is 0. The highest BCUT2D eigenvalue weighted by molar-refractivity contribution is 5.91. The average Bonchev–Trinajstić information content (AvgIpc) is 3.47. The predicted molar refractivity (Wildman–Crippen MR) is 113 cm³/mol. The van der Waals surface area contributed by atoms with E-state index in [4.69, 9.17) is 5.73 Å². The number of benzene rings is 1. The minimum absolute atomic E-state index is 0.0876. The molecule has 1 aliphatic rings. The van der Waals surface area contributed by atoms with Crippen molar-refractivity contribution >= 4 is 17.8 Å². The second kappa shape index (κ2) is 8.73. The minimum atomic E-state index is -1.92. The average molecular weight is 437 g/mol. The van der Waals surface area contributed by atoms with E-state index in [0.29, 0.717) is 11.3 Å². The highest BCUT2D eigenvalue weighted by Gasteiger charge is 2.36. The third-order valence-electron chi connectivity index (χ3n) is 5.33. The number of carbonyl (C=O) groups is 2. The van der Waals surface area contributed by atoms with E-state index in [-0.39, 0.29) is 19.0 Å². The number of rotatable bonds is 6. The smallest absolute Gasteiger partial charge is 0.255 e. The topological polar surface area (TPSA) is 159 Å². The Balaban J connectivity index is 1.35. The molecule has 166 valence electrons. The molecule has 1 aliphatic heterocycles. The maximum atomic E-state index is 12.6. The van der Waals surface area contributed by atoms with Gasteiger partial charge in [-0.2, -0.15) is 5.10 Å². The van der Waals surface area contributed by atoms with E-state index in [9.17, 15) is 19.8 Å². The number of aromatic nitrogens is 4. The van der Waals surface area contributed by atoms with Crippen LogP contribution in [0.5, 0.6) is 0 Å². The van der Waals surface area contributed by atoms with E-state index < -0.39 is 30.1 Å². The zero-order valence-corrected chi connectivity index (χ0v) is 17.3. The Morgan fingerprint density at radius 2 is 1.91 bits per heavy atom. The summed E-state index contributed by atoms with van der Waals surface area (Å²) < 4.78 is 1.70. The number of hydrogen-bond acceptors (Lipinski definition) is 8. The zero-order valence-electron chi connectivity index (χ0n) is 17.3. The fraction of sp³-hybridized carbons (Fsp3) is 0.286. The molecule has 11 heteroatoms. The molecule has 3 atom stereocenters. The summed E-state index contributed by atoms with van der Waals surface area (Å²) in [5.41, 5.74) is 8.47. The number of hydrogen-bond donors (Lipinski definition) is 4. The lowest BCUT2D eigenvalue weighted by Gasteiger charge is -2.24. The molecular weight excluding hydrogens is 414 g/mol. The molecule has 0 spiro atoms. The minimum Gasteiger partial charge on any atom is -0.380 e. The SMILES string of the molecule is C[C@@H](NC(=O)[C@H](O)[C@@H](O)C(=O)N1Cc2cnc(N)nc2C1)c1ccc(-n2cccn2)cc1. The number of anilines is 1. The summed E-state index contributed by atoms with van der Waals surface area (Å²) in [4.78, 5) is 34.3. The molecule has 0 saturated carbocycles. The van der Waals surface area contributed by atoms with Crippen molar-refractivity contribution < 1.29 is 19.8 Å². The van der Waals surface area contributed by atoms with Gasteiger partial charge in [-0.25, -0.2) is 14.6 Å². The molecule has 3 heterocycles. The van der Waals surface area contributed by atoms with Crippen molar-refractivity contribution in [1.82, 2.24) is 30.0 Å². The van der Waals surface area contributed by atoms with E-state index in [2.05, 4.69) is 20.4 Å². The second-order valence-corrected chi connectivity index (χ2v) is 7.56. The first-order valence-corrected chi connectivity index (χ1v) is 9.99. The number of amides is 2. The Morgan fingerprint density at radius 3 is 2.59 bits per heavy atom.